The first-order chi connectivity index (χ1) is 22.5. The number of aliphatic hydroxyl groups is 4. The van der Waals surface area contributed by atoms with Crippen molar-refractivity contribution in [3.8, 4) is 5.88 Å². The molecule has 7 N–H and O–H groups in total. The van der Waals surface area contributed by atoms with Crippen LogP contribution in [0.4, 0.5) is 4.79 Å². The van der Waals surface area contributed by atoms with E-state index in [1.807, 2.05) is 68.4 Å². The van der Waals surface area contributed by atoms with Crippen molar-refractivity contribution >= 4 is 22.2 Å². The average Bonchev–Trinajstić information content (AvgIpc) is 3.45. The van der Waals surface area contributed by atoms with Crippen molar-refractivity contribution in [3.05, 3.63) is 88.6 Å². The lowest BCUT2D eigenvalue weighted by atomic mass is 9.98. The molecule has 4 rings (SSSR count). The first-order valence-electron chi connectivity index (χ1n) is 15.2. The number of sulfonamides is 1. The molecule has 1 aliphatic heterocycles. The SMILES string of the molecule is CC(C)c1[nH]nc(O[C@@H]2O[C@H](CO)[C@@H](O)[C@H](O)[C@H]2O)c1Cc1ccc(/C=C/CS(=O)(=O)NCCNC(=O)OCc2ccccc2)cc1. The third-order valence-electron chi connectivity index (χ3n) is 7.43. The van der Waals surface area contributed by atoms with Gasteiger partial charge in [0.1, 0.15) is 31.0 Å². The molecular weight excluding hydrogens is 632 g/mol. The maximum Gasteiger partial charge on any atom is 0.407 e. The number of carbonyl (C=O) groups is 1. The summed E-state index contributed by atoms with van der Waals surface area (Å²) in [6.45, 7) is 3.58. The van der Waals surface area contributed by atoms with Gasteiger partial charge in [0.15, 0.2) is 0 Å². The number of ether oxygens (including phenoxy) is 3. The molecule has 1 fully saturated rings. The quantitative estimate of drug-likeness (QED) is 0.114. The zero-order valence-corrected chi connectivity index (χ0v) is 27.0. The van der Waals surface area contributed by atoms with Gasteiger partial charge in [-0.15, -0.1) is 5.10 Å². The topological polar surface area (TPSA) is 213 Å². The van der Waals surface area contributed by atoms with Crippen molar-refractivity contribution in [2.45, 2.75) is 63.5 Å². The molecule has 0 unspecified atom stereocenters. The van der Waals surface area contributed by atoms with Crippen molar-refractivity contribution in [3.63, 3.8) is 0 Å². The molecule has 2 aromatic carbocycles. The van der Waals surface area contributed by atoms with Crippen LogP contribution in [0.25, 0.3) is 6.08 Å². The Hall–Kier alpha value is -3.83. The second kappa shape index (κ2) is 16.8. The molecule has 256 valence electrons. The molecule has 1 saturated heterocycles. The van der Waals surface area contributed by atoms with Crippen LogP contribution in [0.3, 0.4) is 0 Å². The number of hydrogen-bond donors (Lipinski definition) is 7. The number of amides is 1. The molecular formula is C32H42N4O10S. The number of benzene rings is 2. The van der Waals surface area contributed by atoms with E-state index in [4.69, 9.17) is 14.2 Å². The predicted molar refractivity (Wildman–Crippen MR) is 172 cm³/mol. The molecule has 14 nitrogen and oxygen atoms in total. The number of hydrogen-bond acceptors (Lipinski definition) is 11. The van der Waals surface area contributed by atoms with E-state index in [-0.39, 0.29) is 37.2 Å². The molecule has 0 saturated carbocycles. The van der Waals surface area contributed by atoms with Gasteiger partial charge in [0, 0.05) is 30.8 Å². The molecule has 5 atom stereocenters. The number of alkyl carbamates (subject to hydrolysis) is 1. The minimum Gasteiger partial charge on any atom is -0.445 e. The van der Waals surface area contributed by atoms with Gasteiger partial charge < -0.3 is 40.0 Å². The molecule has 15 heteroatoms. The fourth-order valence-corrected chi connectivity index (χ4v) is 5.73. The van der Waals surface area contributed by atoms with Crippen LogP contribution in [0.5, 0.6) is 5.88 Å². The highest BCUT2D eigenvalue weighted by atomic mass is 32.2. The monoisotopic (exact) mass is 674 g/mol. The summed E-state index contributed by atoms with van der Waals surface area (Å²) in [5.41, 5.74) is 4.02. The maximum absolute atomic E-state index is 12.4. The van der Waals surface area contributed by atoms with Crippen LogP contribution in [0, 0.1) is 0 Å². The Morgan fingerprint density at radius 3 is 2.43 bits per heavy atom. The van der Waals surface area contributed by atoms with Crippen LogP contribution in [-0.2, 0) is 32.5 Å². The largest absolute Gasteiger partial charge is 0.445 e. The maximum atomic E-state index is 12.4. The van der Waals surface area contributed by atoms with E-state index in [1.54, 1.807) is 6.08 Å². The predicted octanol–water partition coefficient (Wildman–Crippen LogP) is 1.16. The molecule has 0 spiro atoms. The minimum absolute atomic E-state index is 0.0137. The van der Waals surface area contributed by atoms with Crippen LogP contribution >= 0.6 is 0 Å². The molecule has 1 aromatic heterocycles. The Labute approximate surface area is 273 Å². The number of aromatic nitrogens is 2. The summed E-state index contributed by atoms with van der Waals surface area (Å²) < 4.78 is 43.6. The van der Waals surface area contributed by atoms with Gasteiger partial charge in [-0.3, -0.25) is 5.10 Å². The highest BCUT2D eigenvalue weighted by molar-refractivity contribution is 7.89. The zero-order chi connectivity index (χ0) is 34.0. The van der Waals surface area contributed by atoms with Gasteiger partial charge in [0.2, 0.25) is 22.2 Å². The summed E-state index contributed by atoms with van der Waals surface area (Å²) in [4.78, 5) is 11.8. The summed E-state index contributed by atoms with van der Waals surface area (Å²) in [5, 5.41) is 49.8. The summed E-state index contributed by atoms with van der Waals surface area (Å²) >= 11 is 0. The highest BCUT2D eigenvalue weighted by Crippen LogP contribution is 2.31. The molecule has 2 heterocycles. The van der Waals surface area contributed by atoms with E-state index >= 15 is 0 Å². The minimum atomic E-state index is -3.62. The van der Waals surface area contributed by atoms with Gasteiger partial charge >= 0.3 is 6.09 Å². The van der Waals surface area contributed by atoms with E-state index < -0.39 is 53.4 Å². The molecule has 0 radical (unpaired) electrons. The van der Waals surface area contributed by atoms with Gasteiger partial charge in [-0.25, -0.2) is 17.9 Å². The Morgan fingerprint density at radius 1 is 1.02 bits per heavy atom. The van der Waals surface area contributed by atoms with Gasteiger partial charge in [-0.05, 0) is 22.6 Å². The molecule has 1 aliphatic rings. The van der Waals surface area contributed by atoms with E-state index in [9.17, 15) is 33.6 Å². The average molecular weight is 675 g/mol. The molecule has 3 aromatic rings. The molecule has 1 amide bonds. The standard InChI is InChI=1S/C32H42N4O10S/c1-20(2)26-24(30(36-35-26)46-31-29(40)28(39)27(38)25(18-37)45-31)17-22-12-10-21(11-13-22)9-6-16-47(42,43)34-15-14-33-32(41)44-19-23-7-4-3-5-8-23/h3-13,20,25,27-29,31,34,37-40H,14-19H2,1-2H3,(H,33,41)(H,35,36)/b9-6+/t25-,27-,28+,29-,31+/m1/s1. The van der Waals surface area contributed by atoms with Gasteiger partial charge in [0.05, 0.1) is 12.4 Å². The third kappa shape index (κ3) is 10.3. The third-order valence-corrected chi connectivity index (χ3v) is 8.71. The second-order valence-corrected chi connectivity index (χ2v) is 13.2. The first-order valence-corrected chi connectivity index (χ1v) is 16.8. The second-order valence-electron chi connectivity index (χ2n) is 11.4. The van der Waals surface area contributed by atoms with Crippen molar-refractivity contribution < 1.29 is 47.8 Å². The Morgan fingerprint density at radius 2 is 1.74 bits per heavy atom. The van der Waals surface area contributed by atoms with Crippen molar-refractivity contribution in [2.75, 3.05) is 25.4 Å². The van der Waals surface area contributed by atoms with Gasteiger partial charge in [-0.2, -0.15) is 0 Å². The first kappa shape index (κ1) is 36.0. The Balaban J connectivity index is 1.27. The van der Waals surface area contributed by atoms with Crippen LogP contribution in [0.15, 0.2) is 60.7 Å². The normalized spacial score (nSPS) is 21.6. The lowest BCUT2D eigenvalue weighted by molar-refractivity contribution is -0.278. The smallest absolute Gasteiger partial charge is 0.407 e. The van der Waals surface area contributed by atoms with Gasteiger partial charge in [0.25, 0.3) is 0 Å². The van der Waals surface area contributed by atoms with Crippen LogP contribution in [-0.4, -0.2) is 101 Å². The Bertz CT molecular complexity index is 1560. The fraction of sp³-hybridized carbons (Fsp3) is 0.438. The summed E-state index contributed by atoms with van der Waals surface area (Å²) in [6, 6.07) is 16.6. The van der Waals surface area contributed by atoms with Crippen molar-refractivity contribution in [2.24, 2.45) is 0 Å². The number of H-pyrrole nitrogens is 1. The van der Waals surface area contributed by atoms with E-state index in [2.05, 4.69) is 20.2 Å². The summed E-state index contributed by atoms with van der Waals surface area (Å²) in [5.74, 6) is -0.0517. The van der Waals surface area contributed by atoms with Crippen molar-refractivity contribution in [1.82, 2.24) is 20.2 Å². The number of rotatable bonds is 15. The zero-order valence-electron chi connectivity index (χ0n) is 26.2. The van der Waals surface area contributed by atoms with E-state index in [1.165, 1.54) is 6.08 Å². The summed E-state index contributed by atoms with van der Waals surface area (Å²) in [7, 11) is -3.62. The lowest BCUT2D eigenvalue weighted by Crippen LogP contribution is -2.60. The van der Waals surface area contributed by atoms with E-state index in [0.717, 1.165) is 22.4 Å². The highest BCUT2D eigenvalue weighted by Gasteiger charge is 2.45. The van der Waals surface area contributed by atoms with Crippen LogP contribution in [0.1, 0.15) is 47.7 Å². The number of aromatic amines is 1. The van der Waals surface area contributed by atoms with E-state index in [0.29, 0.717) is 12.0 Å². The number of nitrogens with one attached hydrogen (secondary N) is 3. The van der Waals surface area contributed by atoms with Crippen LogP contribution in [0.2, 0.25) is 0 Å². The fourth-order valence-electron chi connectivity index (χ4n) is 4.85. The molecule has 0 aliphatic carbocycles. The van der Waals surface area contributed by atoms with Crippen molar-refractivity contribution in [1.29, 1.82) is 0 Å². The number of nitrogens with zero attached hydrogens (tertiary/aromatic N) is 1. The molecule has 0 bridgehead atoms. The number of aliphatic hydroxyl groups excluding tert-OH is 4. The number of carbonyl (C=O) groups excluding carboxylic acids is 1. The van der Waals surface area contributed by atoms with Crippen LogP contribution < -0.4 is 14.8 Å². The molecule has 47 heavy (non-hydrogen) atoms. The van der Waals surface area contributed by atoms with Gasteiger partial charge in [-0.1, -0.05) is 80.6 Å². The Kier molecular flexibility index (Phi) is 12.9. The lowest BCUT2D eigenvalue weighted by Gasteiger charge is -2.39. The summed E-state index contributed by atoms with van der Waals surface area (Å²) in [6.07, 6.45) is -4.18.